The fraction of sp³-hybridized carbons (Fsp3) is 0.375. The van der Waals surface area contributed by atoms with Crippen LogP contribution in [-0.4, -0.2) is 43.8 Å². The largest absolute Gasteiger partial charge is 0.352 e. The van der Waals surface area contributed by atoms with E-state index in [1.165, 1.54) is 29.2 Å². The molecule has 2 amide bonds. The summed E-state index contributed by atoms with van der Waals surface area (Å²) < 4.78 is 42.9. The highest BCUT2D eigenvalue weighted by atomic mass is 32.2. The SMILES string of the molecule is CC[C@@H](C)NC(=O)[C@@H](CC)N(Cc1ccc(F)cc1)C(=O)CN(c1cccc(C)c1C)S(=O)(=O)c1ccc(C)cc1. The lowest BCUT2D eigenvalue weighted by Crippen LogP contribution is -2.53. The average Bonchev–Trinajstić information content (AvgIpc) is 2.94. The van der Waals surface area contributed by atoms with Gasteiger partial charge in [0.15, 0.2) is 0 Å². The number of sulfonamides is 1. The first-order valence-electron chi connectivity index (χ1n) is 13.9. The van der Waals surface area contributed by atoms with E-state index in [1.807, 2.05) is 40.7 Å². The van der Waals surface area contributed by atoms with Crippen LogP contribution in [0.25, 0.3) is 0 Å². The molecular weight excluding hydrogens is 541 g/mol. The van der Waals surface area contributed by atoms with Gasteiger partial charge in [-0.15, -0.1) is 0 Å². The minimum Gasteiger partial charge on any atom is -0.352 e. The first-order valence-corrected chi connectivity index (χ1v) is 15.3. The number of hydrogen-bond donors (Lipinski definition) is 1. The minimum absolute atomic E-state index is 0.0107. The number of amides is 2. The van der Waals surface area contributed by atoms with Crippen molar-refractivity contribution >= 4 is 27.5 Å². The first-order chi connectivity index (χ1) is 19.4. The number of anilines is 1. The number of benzene rings is 3. The molecule has 0 aromatic heterocycles. The summed E-state index contributed by atoms with van der Waals surface area (Å²) in [5.41, 5.74) is 3.51. The quantitative estimate of drug-likeness (QED) is 0.299. The molecule has 0 aliphatic rings. The topological polar surface area (TPSA) is 86.8 Å². The molecule has 0 saturated carbocycles. The third kappa shape index (κ3) is 7.73. The summed E-state index contributed by atoms with van der Waals surface area (Å²) in [6.07, 6.45) is 1.02. The predicted octanol–water partition coefficient (Wildman–Crippen LogP) is 5.67. The first kappa shape index (κ1) is 31.8. The van der Waals surface area contributed by atoms with E-state index in [2.05, 4.69) is 5.32 Å². The lowest BCUT2D eigenvalue weighted by molar-refractivity contribution is -0.140. The fourth-order valence-electron chi connectivity index (χ4n) is 4.50. The van der Waals surface area contributed by atoms with Crippen molar-refractivity contribution in [3.63, 3.8) is 0 Å². The number of carbonyl (C=O) groups excluding carboxylic acids is 2. The molecule has 7 nitrogen and oxygen atoms in total. The van der Waals surface area contributed by atoms with Crippen molar-refractivity contribution in [3.8, 4) is 0 Å². The molecule has 3 aromatic carbocycles. The number of carbonyl (C=O) groups is 2. The van der Waals surface area contributed by atoms with Crippen LogP contribution in [0.15, 0.2) is 71.6 Å². The van der Waals surface area contributed by atoms with Gasteiger partial charge >= 0.3 is 0 Å². The van der Waals surface area contributed by atoms with Crippen LogP contribution in [0.2, 0.25) is 0 Å². The van der Waals surface area contributed by atoms with Crippen LogP contribution < -0.4 is 9.62 Å². The van der Waals surface area contributed by atoms with Gasteiger partial charge in [-0.25, -0.2) is 12.8 Å². The zero-order valence-corrected chi connectivity index (χ0v) is 25.5. The van der Waals surface area contributed by atoms with E-state index in [1.54, 1.807) is 43.3 Å². The molecule has 220 valence electrons. The fourth-order valence-corrected chi connectivity index (χ4v) is 5.98. The monoisotopic (exact) mass is 581 g/mol. The standard InChI is InChI=1S/C32H40FN3O4S/c1-7-24(5)34-32(38)29(8-2)35(20-26-14-16-27(33)17-15-26)31(37)21-36(30-11-9-10-23(4)25(30)6)41(39,40)28-18-12-22(3)13-19-28/h9-19,24,29H,7-8,20-21H2,1-6H3,(H,34,38)/t24-,29-/m1/s1. The second-order valence-corrected chi connectivity index (χ2v) is 12.3. The molecule has 0 radical (unpaired) electrons. The Kier molecular flexibility index (Phi) is 10.7. The summed E-state index contributed by atoms with van der Waals surface area (Å²) in [6.45, 7) is 10.7. The lowest BCUT2D eigenvalue weighted by atomic mass is 10.1. The van der Waals surface area contributed by atoms with Gasteiger partial charge in [-0.05, 0) is 87.6 Å². The molecule has 41 heavy (non-hydrogen) atoms. The zero-order valence-electron chi connectivity index (χ0n) is 24.6. The Hall–Kier alpha value is -3.72. The lowest BCUT2D eigenvalue weighted by Gasteiger charge is -2.34. The maximum atomic E-state index is 14.2. The van der Waals surface area contributed by atoms with Gasteiger partial charge in [0.25, 0.3) is 10.0 Å². The highest BCUT2D eigenvalue weighted by Crippen LogP contribution is 2.29. The van der Waals surface area contributed by atoms with Crippen LogP contribution in [0.5, 0.6) is 0 Å². The van der Waals surface area contributed by atoms with E-state index >= 15 is 0 Å². The van der Waals surface area contributed by atoms with Crippen molar-refractivity contribution in [3.05, 3.63) is 94.8 Å². The van der Waals surface area contributed by atoms with Crippen LogP contribution in [0.4, 0.5) is 10.1 Å². The zero-order chi connectivity index (χ0) is 30.3. The molecule has 0 unspecified atom stereocenters. The molecule has 0 fully saturated rings. The third-order valence-electron chi connectivity index (χ3n) is 7.39. The van der Waals surface area contributed by atoms with E-state index in [-0.39, 0.29) is 23.4 Å². The van der Waals surface area contributed by atoms with Crippen molar-refractivity contribution in [1.82, 2.24) is 10.2 Å². The highest BCUT2D eigenvalue weighted by molar-refractivity contribution is 7.92. The Morgan fingerprint density at radius 2 is 1.54 bits per heavy atom. The van der Waals surface area contributed by atoms with Gasteiger partial charge in [-0.1, -0.05) is 55.8 Å². The molecular formula is C32H40FN3O4S. The van der Waals surface area contributed by atoms with E-state index in [0.717, 1.165) is 21.0 Å². The summed E-state index contributed by atoms with van der Waals surface area (Å²) in [5, 5.41) is 2.95. The molecule has 0 bridgehead atoms. The second-order valence-electron chi connectivity index (χ2n) is 10.4. The third-order valence-corrected chi connectivity index (χ3v) is 9.16. The number of aryl methyl sites for hydroxylation is 2. The summed E-state index contributed by atoms with van der Waals surface area (Å²) in [6, 6.07) is 16.5. The van der Waals surface area contributed by atoms with Gasteiger partial charge in [0.05, 0.1) is 10.6 Å². The van der Waals surface area contributed by atoms with Crippen molar-refractivity contribution in [2.24, 2.45) is 0 Å². The Balaban J connectivity index is 2.10. The van der Waals surface area contributed by atoms with Crippen LogP contribution in [0.1, 0.15) is 55.9 Å². The van der Waals surface area contributed by atoms with Gasteiger partial charge in [-0.3, -0.25) is 13.9 Å². The molecule has 0 heterocycles. The number of halogens is 1. The molecule has 0 spiro atoms. The normalized spacial score (nSPS) is 12.9. The molecule has 2 atom stereocenters. The van der Waals surface area contributed by atoms with E-state index < -0.39 is 34.3 Å². The number of rotatable bonds is 12. The van der Waals surface area contributed by atoms with Crippen LogP contribution >= 0.6 is 0 Å². The predicted molar refractivity (Wildman–Crippen MR) is 161 cm³/mol. The summed E-state index contributed by atoms with van der Waals surface area (Å²) in [5.74, 6) is -1.28. The number of hydrogen-bond acceptors (Lipinski definition) is 4. The van der Waals surface area contributed by atoms with Crippen molar-refractivity contribution in [2.75, 3.05) is 10.8 Å². The Morgan fingerprint density at radius 3 is 2.12 bits per heavy atom. The number of nitrogens with zero attached hydrogens (tertiary/aromatic N) is 2. The smallest absolute Gasteiger partial charge is 0.264 e. The molecule has 0 aliphatic heterocycles. The van der Waals surface area contributed by atoms with Crippen LogP contribution in [-0.2, 0) is 26.2 Å². The van der Waals surface area contributed by atoms with E-state index in [4.69, 9.17) is 0 Å². The van der Waals surface area contributed by atoms with Crippen molar-refractivity contribution in [1.29, 1.82) is 0 Å². The second kappa shape index (κ2) is 13.8. The summed E-state index contributed by atoms with van der Waals surface area (Å²) in [4.78, 5) is 28.9. The summed E-state index contributed by atoms with van der Waals surface area (Å²) >= 11 is 0. The van der Waals surface area contributed by atoms with Gasteiger partial charge in [0.1, 0.15) is 18.4 Å². The molecule has 3 aromatic rings. The summed E-state index contributed by atoms with van der Waals surface area (Å²) in [7, 11) is -4.16. The maximum Gasteiger partial charge on any atom is 0.264 e. The molecule has 9 heteroatoms. The van der Waals surface area contributed by atoms with E-state index in [0.29, 0.717) is 24.1 Å². The van der Waals surface area contributed by atoms with Crippen molar-refractivity contribution in [2.45, 2.75) is 77.9 Å². The van der Waals surface area contributed by atoms with Crippen LogP contribution in [0, 0.1) is 26.6 Å². The number of nitrogens with one attached hydrogen (secondary N) is 1. The molecule has 1 N–H and O–H groups in total. The minimum atomic E-state index is -4.16. The van der Waals surface area contributed by atoms with Gasteiger partial charge in [0, 0.05) is 12.6 Å². The Morgan fingerprint density at radius 1 is 0.902 bits per heavy atom. The van der Waals surface area contributed by atoms with Crippen LogP contribution in [0.3, 0.4) is 0 Å². The molecule has 3 rings (SSSR count). The Labute approximate surface area is 243 Å². The average molecular weight is 582 g/mol. The molecule has 0 aliphatic carbocycles. The molecule has 0 saturated heterocycles. The van der Waals surface area contributed by atoms with E-state index in [9.17, 15) is 22.4 Å². The highest BCUT2D eigenvalue weighted by Gasteiger charge is 2.34. The van der Waals surface area contributed by atoms with Gasteiger partial charge < -0.3 is 10.2 Å². The van der Waals surface area contributed by atoms with Gasteiger partial charge in [0.2, 0.25) is 11.8 Å². The van der Waals surface area contributed by atoms with Crippen molar-refractivity contribution < 1.29 is 22.4 Å². The Bertz CT molecular complexity index is 1460. The van der Waals surface area contributed by atoms with Gasteiger partial charge in [-0.2, -0.15) is 0 Å². The maximum absolute atomic E-state index is 14.2.